The van der Waals surface area contributed by atoms with Crippen molar-refractivity contribution >= 4 is 5.69 Å². The maximum absolute atomic E-state index is 5.87. The Balaban J connectivity index is 1.90. The normalized spacial score (nSPS) is 10.4. The second-order valence-corrected chi connectivity index (χ2v) is 4.47. The molecule has 0 heterocycles. The van der Waals surface area contributed by atoms with E-state index in [9.17, 15) is 0 Å². The molecule has 0 aliphatic rings. The van der Waals surface area contributed by atoms with Gasteiger partial charge in [0.25, 0.3) is 0 Å². The van der Waals surface area contributed by atoms with Crippen LogP contribution >= 0.6 is 0 Å². The Hall–Kier alpha value is -2.00. The molecule has 0 amide bonds. The highest BCUT2D eigenvalue weighted by Gasteiger charge is 2.01. The van der Waals surface area contributed by atoms with Gasteiger partial charge in [0, 0.05) is 5.69 Å². The van der Waals surface area contributed by atoms with Crippen molar-refractivity contribution in [1.82, 2.24) is 0 Å². The van der Waals surface area contributed by atoms with Crippen LogP contribution in [0.4, 0.5) is 5.69 Å². The van der Waals surface area contributed by atoms with Gasteiger partial charge >= 0.3 is 0 Å². The number of anilines is 1. The summed E-state index contributed by atoms with van der Waals surface area (Å²) in [5.74, 6) is 0.857. The van der Waals surface area contributed by atoms with Gasteiger partial charge in [-0.2, -0.15) is 0 Å². The second-order valence-electron chi connectivity index (χ2n) is 4.47. The second kappa shape index (κ2) is 6.25. The van der Waals surface area contributed by atoms with Gasteiger partial charge in [-0.3, -0.25) is 0 Å². The molecule has 0 saturated carbocycles. The molecule has 2 aromatic rings. The Morgan fingerprint density at radius 2 is 1.74 bits per heavy atom. The Morgan fingerprint density at radius 1 is 1.00 bits per heavy atom. The lowest BCUT2D eigenvalue weighted by Crippen LogP contribution is -1.99. The summed E-state index contributed by atoms with van der Waals surface area (Å²) < 4.78 is 10.8. The van der Waals surface area contributed by atoms with Crippen LogP contribution in [-0.2, 0) is 18.0 Å². The third-order valence-corrected chi connectivity index (χ3v) is 3.17. The van der Waals surface area contributed by atoms with E-state index in [1.807, 2.05) is 49.4 Å². The lowest BCUT2D eigenvalue weighted by atomic mass is 10.1. The summed E-state index contributed by atoms with van der Waals surface area (Å²) >= 11 is 0. The van der Waals surface area contributed by atoms with Crippen LogP contribution in [0.15, 0.2) is 42.5 Å². The van der Waals surface area contributed by atoms with Gasteiger partial charge in [-0.15, -0.1) is 0 Å². The van der Waals surface area contributed by atoms with Crippen LogP contribution in [0.1, 0.15) is 16.7 Å². The smallest absolute Gasteiger partial charge is 0.118 e. The average Bonchev–Trinajstić information content (AvgIpc) is 2.44. The number of hydrogen-bond donors (Lipinski definition) is 1. The quantitative estimate of drug-likeness (QED) is 0.836. The third kappa shape index (κ3) is 3.48. The first kappa shape index (κ1) is 13.4. The van der Waals surface area contributed by atoms with Crippen LogP contribution < -0.4 is 10.5 Å². The first-order valence-electron chi connectivity index (χ1n) is 6.25. The topological polar surface area (TPSA) is 44.5 Å². The minimum atomic E-state index is 0.572. The summed E-state index contributed by atoms with van der Waals surface area (Å²) in [7, 11) is 1.66. The molecule has 0 aromatic heterocycles. The highest BCUT2D eigenvalue weighted by Crippen LogP contribution is 2.17. The van der Waals surface area contributed by atoms with E-state index in [0.29, 0.717) is 13.2 Å². The lowest BCUT2D eigenvalue weighted by molar-refractivity contribution is 0.107. The predicted octanol–water partition coefficient (Wildman–Crippen LogP) is 3.30. The van der Waals surface area contributed by atoms with Crippen molar-refractivity contribution in [2.45, 2.75) is 20.1 Å². The van der Waals surface area contributed by atoms with E-state index >= 15 is 0 Å². The number of benzene rings is 2. The van der Waals surface area contributed by atoms with Gasteiger partial charge in [-0.25, -0.2) is 0 Å². The van der Waals surface area contributed by atoms with E-state index in [1.165, 1.54) is 0 Å². The zero-order valence-corrected chi connectivity index (χ0v) is 11.3. The minimum Gasteiger partial charge on any atom is -0.497 e. The predicted molar refractivity (Wildman–Crippen MR) is 77.1 cm³/mol. The summed E-state index contributed by atoms with van der Waals surface area (Å²) in [6.45, 7) is 3.17. The van der Waals surface area contributed by atoms with Gasteiger partial charge < -0.3 is 15.2 Å². The fraction of sp³-hybridized carbons (Fsp3) is 0.250. The van der Waals surface area contributed by atoms with Crippen molar-refractivity contribution in [2.24, 2.45) is 0 Å². The van der Waals surface area contributed by atoms with Gasteiger partial charge in [-0.05, 0) is 41.8 Å². The molecule has 0 bridgehead atoms. The maximum Gasteiger partial charge on any atom is 0.118 e. The Labute approximate surface area is 114 Å². The molecule has 19 heavy (non-hydrogen) atoms. The number of hydrogen-bond acceptors (Lipinski definition) is 3. The number of rotatable bonds is 5. The molecule has 0 aliphatic carbocycles. The summed E-state index contributed by atoms with van der Waals surface area (Å²) in [5, 5.41) is 0. The highest BCUT2D eigenvalue weighted by atomic mass is 16.5. The molecule has 0 unspecified atom stereocenters. The van der Waals surface area contributed by atoms with Crippen LogP contribution in [0, 0.1) is 6.92 Å². The molecule has 3 nitrogen and oxygen atoms in total. The summed E-state index contributed by atoms with van der Waals surface area (Å²) in [5.41, 5.74) is 10.0. The van der Waals surface area contributed by atoms with Gasteiger partial charge in [0.2, 0.25) is 0 Å². The SMILES string of the molecule is COc1ccc(COCc2cccc(N)c2C)cc1. The highest BCUT2D eigenvalue weighted by molar-refractivity contribution is 5.49. The van der Waals surface area contributed by atoms with Crippen molar-refractivity contribution < 1.29 is 9.47 Å². The average molecular weight is 257 g/mol. The zero-order chi connectivity index (χ0) is 13.7. The molecule has 0 radical (unpaired) electrons. The maximum atomic E-state index is 5.87. The van der Waals surface area contributed by atoms with Gasteiger partial charge in [-0.1, -0.05) is 24.3 Å². The molecule has 2 N–H and O–H groups in total. The standard InChI is InChI=1S/C16H19NO2/c1-12-14(4-3-5-16(12)17)11-19-10-13-6-8-15(18-2)9-7-13/h3-9H,10-11,17H2,1-2H3. The van der Waals surface area contributed by atoms with Crippen LogP contribution in [0.2, 0.25) is 0 Å². The molecule has 100 valence electrons. The number of nitrogens with two attached hydrogens (primary N) is 1. The molecule has 0 aliphatic heterocycles. The van der Waals surface area contributed by atoms with Gasteiger partial charge in [0.1, 0.15) is 5.75 Å². The lowest BCUT2D eigenvalue weighted by Gasteiger charge is -2.09. The number of nitrogen functional groups attached to an aromatic ring is 1. The summed E-state index contributed by atoms with van der Waals surface area (Å²) in [6, 6.07) is 13.8. The van der Waals surface area contributed by atoms with Crippen molar-refractivity contribution in [2.75, 3.05) is 12.8 Å². The molecule has 0 spiro atoms. The van der Waals surface area contributed by atoms with Gasteiger partial charge in [0.15, 0.2) is 0 Å². The fourth-order valence-corrected chi connectivity index (χ4v) is 1.86. The zero-order valence-electron chi connectivity index (χ0n) is 11.3. The van der Waals surface area contributed by atoms with E-state index in [1.54, 1.807) is 7.11 Å². The largest absolute Gasteiger partial charge is 0.497 e. The van der Waals surface area contributed by atoms with Crippen molar-refractivity contribution in [3.8, 4) is 5.75 Å². The third-order valence-electron chi connectivity index (χ3n) is 3.17. The molecule has 3 heteroatoms. The van der Waals surface area contributed by atoms with Crippen molar-refractivity contribution in [3.05, 3.63) is 59.2 Å². The molecular formula is C16H19NO2. The molecule has 0 fully saturated rings. The van der Waals surface area contributed by atoms with Crippen LogP contribution in [-0.4, -0.2) is 7.11 Å². The first-order chi connectivity index (χ1) is 9.20. The van der Waals surface area contributed by atoms with Crippen LogP contribution in [0.3, 0.4) is 0 Å². The number of ether oxygens (including phenoxy) is 2. The van der Waals surface area contributed by atoms with Crippen LogP contribution in [0.25, 0.3) is 0 Å². The molecule has 2 aromatic carbocycles. The molecule has 0 atom stereocenters. The van der Waals surface area contributed by atoms with Crippen molar-refractivity contribution in [3.63, 3.8) is 0 Å². The van der Waals surface area contributed by atoms with E-state index in [2.05, 4.69) is 0 Å². The molecule has 2 rings (SSSR count). The van der Waals surface area contributed by atoms with E-state index in [4.69, 9.17) is 15.2 Å². The van der Waals surface area contributed by atoms with E-state index in [-0.39, 0.29) is 0 Å². The first-order valence-corrected chi connectivity index (χ1v) is 6.25. The Morgan fingerprint density at radius 3 is 2.42 bits per heavy atom. The Kier molecular flexibility index (Phi) is 4.42. The fourth-order valence-electron chi connectivity index (χ4n) is 1.86. The van der Waals surface area contributed by atoms with E-state index < -0.39 is 0 Å². The summed E-state index contributed by atoms with van der Waals surface area (Å²) in [4.78, 5) is 0. The monoisotopic (exact) mass is 257 g/mol. The number of methoxy groups -OCH3 is 1. The Bertz CT molecular complexity index is 535. The molecule has 0 saturated heterocycles. The van der Waals surface area contributed by atoms with Crippen molar-refractivity contribution in [1.29, 1.82) is 0 Å². The van der Waals surface area contributed by atoms with E-state index in [0.717, 1.165) is 28.1 Å². The minimum absolute atomic E-state index is 0.572. The van der Waals surface area contributed by atoms with Gasteiger partial charge in [0.05, 0.1) is 20.3 Å². The molecular weight excluding hydrogens is 238 g/mol. The van der Waals surface area contributed by atoms with Crippen LogP contribution in [0.5, 0.6) is 5.75 Å². The summed E-state index contributed by atoms with van der Waals surface area (Å²) in [6.07, 6.45) is 0.